The Balaban J connectivity index is 1.64. The van der Waals surface area contributed by atoms with E-state index in [1.807, 2.05) is 30.3 Å². The van der Waals surface area contributed by atoms with Gasteiger partial charge >= 0.3 is 12.0 Å². The Bertz CT molecular complexity index is 838. The maximum Gasteiger partial charge on any atom is 0.365 e. The third-order valence-electron chi connectivity index (χ3n) is 4.61. The van der Waals surface area contributed by atoms with E-state index >= 15 is 0 Å². The zero-order chi connectivity index (χ0) is 19.2. The van der Waals surface area contributed by atoms with Crippen LogP contribution >= 0.6 is 0 Å². The second-order valence-electron chi connectivity index (χ2n) is 6.43. The summed E-state index contributed by atoms with van der Waals surface area (Å²) in [6.45, 7) is 0.514. The number of quaternary nitrogens is 1. The van der Waals surface area contributed by atoms with Gasteiger partial charge in [-0.05, 0) is 17.7 Å². The van der Waals surface area contributed by atoms with E-state index in [1.54, 1.807) is 24.3 Å². The highest BCUT2D eigenvalue weighted by atomic mass is 16.5. The number of imide groups is 1. The molecule has 1 aliphatic rings. The maximum absolute atomic E-state index is 12.3. The van der Waals surface area contributed by atoms with Crippen molar-refractivity contribution >= 4 is 23.6 Å². The van der Waals surface area contributed by atoms with Crippen LogP contribution in [-0.4, -0.2) is 37.6 Å². The summed E-state index contributed by atoms with van der Waals surface area (Å²) < 4.78 is 4.91. The molecule has 0 aromatic heterocycles. The summed E-state index contributed by atoms with van der Waals surface area (Å²) in [5.41, 5.74) is 2.77. The molecular formula is C20H22N3O4+. The van der Waals surface area contributed by atoms with Crippen LogP contribution in [0.5, 0.6) is 0 Å². The smallest absolute Gasteiger partial charge is 0.365 e. The number of para-hydroxylation sites is 1. The van der Waals surface area contributed by atoms with E-state index in [9.17, 15) is 14.4 Å². The summed E-state index contributed by atoms with van der Waals surface area (Å²) in [5.74, 6) is -0.812. The third kappa shape index (κ3) is 4.71. The normalized spacial score (nSPS) is 18.1. The Morgan fingerprint density at radius 3 is 2.41 bits per heavy atom. The average molecular weight is 368 g/mol. The third-order valence-corrected chi connectivity index (χ3v) is 4.61. The molecular weight excluding hydrogens is 346 g/mol. The van der Waals surface area contributed by atoms with E-state index in [1.165, 1.54) is 7.11 Å². The van der Waals surface area contributed by atoms with E-state index in [2.05, 4.69) is 10.6 Å². The van der Waals surface area contributed by atoms with Crippen LogP contribution in [0.25, 0.3) is 0 Å². The summed E-state index contributed by atoms with van der Waals surface area (Å²) in [4.78, 5) is 37.3. The summed E-state index contributed by atoms with van der Waals surface area (Å²) in [7, 11) is 1.34. The summed E-state index contributed by atoms with van der Waals surface area (Å²) in [5, 5.41) is 4.91. The monoisotopic (exact) mass is 368 g/mol. The first kappa shape index (κ1) is 18.6. The number of carbonyl (C=O) groups excluding carboxylic acids is 3. The molecule has 2 aromatic rings. The second kappa shape index (κ2) is 8.46. The lowest BCUT2D eigenvalue weighted by Crippen LogP contribution is -3.17. The van der Waals surface area contributed by atoms with E-state index < -0.39 is 18.0 Å². The SMILES string of the molecule is COC(=O)[C@@H]1Cc2ccccc2C[NH+]1CC(=O)NC(=O)Nc1ccccc1. The molecule has 0 saturated heterocycles. The largest absolute Gasteiger partial charge is 0.465 e. The molecule has 3 N–H and O–H groups in total. The molecule has 1 heterocycles. The molecule has 2 aromatic carbocycles. The van der Waals surface area contributed by atoms with Gasteiger partial charge in [-0.2, -0.15) is 0 Å². The number of urea groups is 1. The number of benzene rings is 2. The van der Waals surface area contributed by atoms with Crippen molar-refractivity contribution in [2.75, 3.05) is 19.0 Å². The number of amides is 3. The summed E-state index contributed by atoms with van der Waals surface area (Å²) >= 11 is 0. The van der Waals surface area contributed by atoms with Crippen molar-refractivity contribution in [2.45, 2.75) is 19.0 Å². The Morgan fingerprint density at radius 1 is 1.04 bits per heavy atom. The van der Waals surface area contributed by atoms with Crippen molar-refractivity contribution in [3.05, 3.63) is 65.7 Å². The van der Waals surface area contributed by atoms with Gasteiger partial charge in [0, 0.05) is 17.7 Å². The maximum atomic E-state index is 12.3. The van der Waals surface area contributed by atoms with Gasteiger partial charge in [-0.3, -0.25) is 10.1 Å². The molecule has 0 fully saturated rings. The van der Waals surface area contributed by atoms with Gasteiger partial charge in [0.25, 0.3) is 5.91 Å². The Hall–Kier alpha value is -3.19. The van der Waals surface area contributed by atoms with E-state index in [4.69, 9.17) is 4.74 Å². The Morgan fingerprint density at radius 2 is 1.70 bits per heavy atom. The minimum Gasteiger partial charge on any atom is -0.465 e. The van der Waals surface area contributed by atoms with E-state index in [0.717, 1.165) is 16.0 Å². The Kier molecular flexibility index (Phi) is 5.83. The molecule has 0 spiro atoms. The van der Waals surface area contributed by atoms with Gasteiger partial charge in [-0.15, -0.1) is 0 Å². The van der Waals surface area contributed by atoms with Crippen molar-refractivity contribution in [3.63, 3.8) is 0 Å². The molecule has 1 aliphatic heterocycles. The molecule has 0 radical (unpaired) electrons. The molecule has 0 aliphatic carbocycles. The van der Waals surface area contributed by atoms with E-state index in [0.29, 0.717) is 18.7 Å². The van der Waals surface area contributed by atoms with Crippen molar-refractivity contribution in [2.24, 2.45) is 0 Å². The molecule has 7 heteroatoms. The number of rotatable bonds is 4. The standard InChI is InChI=1S/C20H21N3O4/c1-27-19(25)17-11-14-7-5-6-8-15(14)12-23(17)13-18(24)22-20(26)21-16-9-3-2-4-10-16/h2-10,17H,11-13H2,1H3,(H2,21,22,24,26)/p+1/t17-/m0/s1. The average Bonchev–Trinajstić information content (AvgIpc) is 2.67. The number of hydrogen-bond acceptors (Lipinski definition) is 4. The first-order valence-corrected chi connectivity index (χ1v) is 8.72. The molecule has 2 atom stereocenters. The topological polar surface area (TPSA) is 88.9 Å². The molecule has 27 heavy (non-hydrogen) atoms. The first-order chi connectivity index (χ1) is 13.1. The highest BCUT2D eigenvalue weighted by Gasteiger charge is 2.37. The first-order valence-electron chi connectivity index (χ1n) is 8.72. The van der Waals surface area contributed by atoms with Gasteiger partial charge in [0.1, 0.15) is 6.54 Å². The number of ether oxygens (including phenoxy) is 1. The molecule has 3 amide bonds. The molecule has 0 saturated carbocycles. The number of anilines is 1. The van der Waals surface area contributed by atoms with Crippen LogP contribution in [0.3, 0.4) is 0 Å². The van der Waals surface area contributed by atoms with Crippen LogP contribution in [0.4, 0.5) is 10.5 Å². The van der Waals surface area contributed by atoms with Crippen molar-refractivity contribution in [3.8, 4) is 0 Å². The van der Waals surface area contributed by atoms with Crippen LogP contribution in [0.2, 0.25) is 0 Å². The van der Waals surface area contributed by atoms with Crippen LogP contribution in [0.15, 0.2) is 54.6 Å². The number of methoxy groups -OCH3 is 1. The summed E-state index contributed by atoms with van der Waals surface area (Å²) in [6, 6.07) is 15.6. The number of fused-ring (bicyclic) bond motifs is 1. The van der Waals surface area contributed by atoms with Crippen LogP contribution in [0.1, 0.15) is 11.1 Å². The van der Waals surface area contributed by atoms with Crippen molar-refractivity contribution < 1.29 is 24.0 Å². The fourth-order valence-corrected chi connectivity index (χ4v) is 3.30. The van der Waals surface area contributed by atoms with Crippen LogP contribution < -0.4 is 15.5 Å². The number of nitrogens with one attached hydrogen (secondary N) is 3. The lowest BCUT2D eigenvalue weighted by Gasteiger charge is -2.31. The van der Waals surface area contributed by atoms with Gasteiger partial charge in [0.2, 0.25) is 0 Å². The highest BCUT2D eigenvalue weighted by molar-refractivity contribution is 6.01. The van der Waals surface area contributed by atoms with Gasteiger partial charge < -0.3 is 15.0 Å². The number of esters is 1. The number of hydrogen-bond donors (Lipinski definition) is 3. The lowest BCUT2D eigenvalue weighted by atomic mass is 9.94. The lowest BCUT2D eigenvalue weighted by molar-refractivity contribution is -0.924. The van der Waals surface area contributed by atoms with Gasteiger partial charge in [-0.1, -0.05) is 42.5 Å². The fraction of sp³-hybridized carbons (Fsp3) is 0.250. The zero-order valence-electron chi connectivity index (χ0n) is 15.0. The molecule has 0 bridgehead atoms. The predicted molar refractivity (Wildman–Crippen MR) is 99.1 cm³/mol. The van der Waals surface area contributed by atoms with Gasteiger partial charge in [0.15, 0.2) is 12.6 Å². The number of carbonyl (C=O) groups is 3. The quantitative estimate of drug-likeness (QED) is 0.687. The van der Waals surface area contributed by atoms with Crippen molar-refractivity contribution in [1.82, 2.24) is 5.32 Å². The van der Waals surface area contributed by atoms with Crippen LogP contribution in [-0.2, 0) is 27.3 Å². The van der Waals surface area contributed by atoms with Crippen LogP contribution in [0, 0.1) is 0 Å². The van der Waals surface area contributed by atoms with E-state index in [-0.39, 0.29) is 12.5 Å². The van der Waals surface area contributed by atoms with Gasteiger partial charge in [-0.25, -0.2) is 9.59 Å². The summed E-state index contributed by atoms with van der Waals surface area (Å²) in [6.07, 6.45) is 0.502. The minimum absolute atomic E-state index is 0.00366. The fourth-order valence-electron chi connectivity index (χ4n) is 3.30. The highest BCUT2D eigenvalue weighted by Crippen LogP contribution is 2.14. The molecule has 7 nitrogen and oxygen atoms in total. The molecule has 1 unspecified atom stereocenters. The predicted octanol–water partition coefficient (Wildman–Crippen LogP) is 0.518. The van der Waals surface area contributed by atoms with Crippen molar-refractivity contribution in [1.29, 1.82) is 0 Å². The zero-order valence-corrected chi connectivity index (χ0v) is 15.0. The Labute approximate surface area is 157 Å². The van der Waals surface area contributed by atoms with Gasteiger partial charge in [0.05, 0.1) is 7.11 Å². The minimum atomic E-state index is -0.599. The second-order valence-corrected chi connectivity index (χ2v) is 6.43. The molecule has 140 valence electrons. The molecule has 3 rings (SSSR count).